The fourth-order valence-electron chi connectivity index (χ4n) is 3.72. The molecule has 1 N–H and O–H groups in total. The first kappa shape index (κ1) is 19.8. The molecule has 0 bridgehead atoms. The van der Waals surface area contributed by atoms with Crippen molar-refractivity contribution in [1.82, 2.24) is 15.0 Å². The second kappa shape index (κ2) is 8.49. The Morgan fingerprint density at radius 3 is 2.67 bits per heavy atom. The molecule has 30 heavy (non-hydrogen) atoms. The van der Waals surface area contributed by atoms with Crippen molar-refractivity contribution in [3.05, 3.63) is 65.5 Å². The highest BCUT2D eigenvalue weighted by Gasteiger charge is 2.32. The summed E-state index contributed by atoms with van der Waals surface area (Å²) >= 11 is 0. The molecule has 7 heteroatoms. The van der Waals surface area contributed by atoms with Crippen LogP contribution in [0.15, 0.2) is 53.2 Å². The fraction of sp³-hybridized carbons (Fsp3) is 0.304. The molecule has 3 aromatic rings. The average Bonchev–Trinajstić information content (AvgIpc) is 3.17. The van der Waals surface area contributed by atoms with Gasteiger partial charge in [-0.15, -0.1) is 0 Å². The zero-order valence-electron chi connectivity index (χ0n) is 17.1. The number of amides is 2. The zero-order valence-corrected chi connectivity index (χ0v) is 17.1. The lowest BCUT2D eigenvalue weighted by molar-refractivity contribution is -0.121. The van der Waals surface area contributed by atoms with E-state index >= 15 is 0 Å². The molecule has 1 saturated heterocycles. The molecule has 0 radical (unpaired) electrons. The molecule has 154 valence electrons. The van der Waals surface area contributed by atoms with Crippen LogP contribution in [-0.2, 0) is 4.79 Å². The quantitative estimate of drug-likeness (QED) is 0.714. The smallest absolute Gasteiger partial charge is 0.259 e. The average molecular weight is 404 g/mol. The molecule has 1 aromatic carbocycles. The molecule has 0 saturated carbocycles. The number of nitrogens with one attached hydrogen (secondary N) is 1. The first-order valence-electron chi connectivity index (χ1n) is 10.1. The summed E-state index contributed by atoms with van der Waals surface area (Å²) in [6, 6.07) is 13.2. The minimum absolute atomic E-state index is 0.117. The Kier molecular flexibility index (Phi) is 5.61. The van der Waals surface area contributed by atoms with E-state index in [1.165, 1.54) is 0 Å². The minimum Gasteiger partial charge on any atom is -0.360 e. The number of benzene rings is 1. The van der Waals surface area contributed by atoms with Crippen molar-refractivity contribution in [2.24, 2.45) is 5.92 Å². The molecule has 1 aliphatic heterocycles. The monoisotopic (exact) mass is 404 g/mol. The Morgan fingerprint density at radius 2 is 1.93 bits per heavy atom. The molecule has 2 amide bonds. The Labute approximate surface area is 175 Å². The third-order valence-corrected chi connectivity index (χ3v) is 5.37. The van der Waals surface area contributed by atoms with E-state index in [2.05, 4.69) is 15.5 Å². The molecule has 2 aromatic heterocycles. The fourth-order valence-corrected chi connectivity index (χ4v) is 3.72. The molecular formula is C23H24N4O3. The van der Waals surface area contributed by atoms with Crippen molar-refractivity contribution in [3.8, 4) is 11.3 Å². The lowest BCUT2D eigenvalue weighted by Crippen LogP contribution is -2.44. The van der Waals surface area contributed by atoms with E-state index in [0.717, 1.165) is 24.0 Å². The number of carbonyl (C=O) groups is 2. The number of aryl methyl sites for hydroxylation is 2. The number of aromatic nitrogens is 2. The second-order valence-electron chi connectivity index (χ2n) is 7.63. The van der Waals surface area contributed by atoms with E-state index in [9.17, 15) is 9.59 Å². The van der Waals surface area contributed by atoms with E-state index < -0.39 is 0 Å². The first-order valence-corrected chi connectivity index (χ1v) is 10.1. The number of rotatable bonds is 4. The summed E-state index contributed by atoms with van der Waals surface area (Å²) < 4.78 is 5.34. The van der Waals surface area contributed by atoms with Crippen LogP contribution in [0.3, 0.4) is 0 Å². The van der Waals surface area contributed by atoms with E-state index in [1.807, 2.05) is 43.3 Å². The van der Waals surface area contributed by atoms with Crippen LogP contribution < -0.4 is 5.32 Å². The SMILES string of the molecule is Cc1ccc(NC(=O)C2CCCN(C(=O)c3c(-c4ccccc4)noc3C)C2)nc1. The molecule has 3 heterocycles. The third kappa shape index (κ3) is 4.10. The second-order valence-corrected chi connectivity index (χ2v) is 7.63. The lowest BCUT2D eigenvalue weighted by atomic mass is 9.96. The normalized spacial score (nSPS) is 16.3. The molecular weight excluding hydrogens is 380 g/mol. The lowest BCUT2D eigenvalue weighted by Gasteiger charge is -2.32. The number of hydrogen-bond donors (Lipinski definition) is 1. The van der Waals surface area contributed by atoms with Gasteiger partial charge in [-0.25, -0.2) is 4.98 Å². The number of piperidine rings is 1. The van der Waals surface area contributed by atoms with Gasteiger partial charge in [0.15, 0.2) is 0 Å². The van der Waals surface area contributed by atoms with Gasteiger partial charge in [0.25, 0.3) is 5.91 Å². The van der Waals surface area contributed by atoms with Crippen molar-refractivity contribution >= 4 is 17.6 Å². The molecule has 7 nitrogen and oxygen atoms in total. The molecule has 1 fully saturated rings. The van der Waals surface area contributed by atoms with Gasteiger partial charge < -0.3 is 14.7 Å². The van der Waals surface area contributed by atoms with E-state index in [1.54, 1.807) is 24.1 Å². The van der Waals surface area contributed by atoms with Crippen molar-refractivity contribution < 1.29 is 14.1 Å². The van der Waals surface area contributed by atoms with Crippen LogP contribution in [0.2, 0.25) is 0 Å². The summed E-state index contributed by atoms with van der Waals surface area (Å²) in [5, 5.41) is 6.97. The van der Waals surface area contributed by atoms with Crippen LogP contribution in [0, 0.1) is 19.8 Å². The Bertz CT molecular complexity index is 1040. The highest BCUT2D eigenvalue weighted by molar-refractivity contribution is 6.01. The summed E-state index contributed by atoms with van der Waals surface area (Å²) in [6.07, 6.45) is 3.21. The Hall–Kier alpha value is -3.48. The molecule has 1 atom stereocenters. The van der Waals surface area contributed by atoms with Gasteiger partial charge >= 0.3 is 0 Å². The Morgan fingerprint density at radius 1 is 1.13 bits per heavy atom. The first-order chi connectivity index (χ1) is 14.5. The topological polar surface area (TPSA) is 88.3 Å². The largest absolute Gasteiger partial charge is 0.360 e. The maximum Gasteiger partial charge on any atom is 0.259 e. The van der Waals surface area contributed by atoms with Crippen LogP contribution in [0.1, 0.15) is 34.5 Å². The van der Waals surface area contributed by atoms with Crippen molar-refractivity contribution in [2.75, 3.05) is 18.4 Å². The van der Waals surface area contributed by atoms with Gasteiger partial charge in [-0.2, -0.15) is 0 Å². The Balaban J connectivity index is 1.50. The van der Waals surface area contributed by atoms with Gasteiger partial charge in [0, 0.05) is 24.8 Å². The molecule has 1 aliphatic rings. The van der Waals surface area contributed by atoms with Crippen LogP contribution in [-0.4, -0.2) is 39.9 Å². The third-order valence-electron chi connectivity index (χ3n) is 5.37. The minimum atomic E-state index is -0.286. The molecule has 1 unspecified atom stereocenters. The number of anilines is 1. The molecule has 0 aliphatic carbocycles. The number of carbonyl (C=O) groups excluding carboxylic acids is 2. The zero-order chi connectivity index (χ0) is 21.1. The standard InChI is InChI=1S/C23H24N4O3/c1-15-10-11-19(24-13-15)25-22(28)18-9-6-12-27(14-18)23(29)20-16(2)30-26-21(20)17-7-4-3-5-8-17/h3-5,7-8,10-11,13,18H,6,9,12,14H2,1-2H3,(H,24,25,28). The van der Waals surface area contributed by atoms with Crippen LogP contribution in [0.5, 0.6) is 0 Å². The van der Waals surface area contributed by atoms with Gasteiger partial charge in [-0.05, 0) is 38.3 Å². The summed E-state index contributed by atoms with van der Waals surface area (Å²) in [7, 11) is 0. The van der Waals surface area contributed by atoms with Crippen LogP contribution in [0.4, 0.5) is 5.82 Å². The summed E-state index contributed by atoms with van der Waals surface area (Å²) in [6.45, 7) is 4.64. The van der Waals surface area contributed by atoms with Gasteiger partial charge in [-0.3, -0.25) is 9.59 Å². The maximum atomic E-state index is 13.3. The summed E-state index contributed by atoms with van der Waals surface area (Å²) in [4.78, 5) is 32.0. The highest BCUT2D eigenvalue weighted by Crippen LogP contribution is 2.28. The number of hydrogen-bond acceptors (Lipinski definition) is 5. The predicted molar refractivity (Wildman–Crippen MR) is 113 cm³/mol. The van der Waals surface area contributed by atoms with Gasteiger partial charge in [-0.1, -0.05) is 41.6 Å². The molecule has 0 spiro atoms. The predicted octanol–water partition coefficient (Wildman–Crippen LogP) is 3.84. The molecule has 4 rings (SSSR count). The van der Waals surface area contributed by atoms with E-state index in [0.29, 0.717) is 35.9 Å². The van der Waals surface area contributed by atoms with Gasteiger partial charge in [0.2, 0.25) is 5.91 Å². The van der Waals surface area contributed by atoms with E-state index in [4.69, 9.17) is 4.52 Å². The number of likely N-dealkylation sites (tertiary alicyclic amines) is 1. The van der Waals surface area contributed by atoms with Gasteiger partial charge in [0.1, 0.15) is 22.8 Å². The van der Waals surface area contributed by atoms with Crippen LogP contribution in [0.25, 0.3) is 11.3 Å². The summed E-state index contributed by atoms with van der Waals surface area (Å²) in [5.41, 5.74) is 2.85. The van der Waals surface area contributed by atoms with Crippen molar-refractivity contribution in [3.63, 3.8) is 0 Å². The van der Waals surface area contributed by atoms with Crippen molar-refractivity contribution in [2.45, 2.75) is 26.7 Å². The maximum absolute atomic E-state index is 13.3. The van der Waals surface area contributed by atoms with E-state index in [-0.39, 0.29) is 17.7 Å². The highest BCUT2D eigenvalue weighted by atomic mass is 16.5. The van der Waals surface area contributed by atoms with Crippen LogP contribution >= 0.6 is 0 Å². The number of pyridine rings is 1. The number of nitrogens with zero attached hydrogens (tertiary/aromatic N) is 3. The summed E-state index contributed by atoms with van der Waals surface area (Å²) in [5.74, 6) is 0.448. The van der Waals surface area contributed by atoms with Gasteiger partial charge in [0.05, 0.1) is 5.92 Å². The van der Waals surface area contributed by atoms with Crippen molar-refractivity contribution in [1.29, 1.82) is 0 Å².